The SMILES string of the molecule is CC(=O)C1(c2ccc(F)cc2)C=CC=CC1NC(=O)c1nn(C)cc1C(F)(F)F. The van der Waals surface area contributed by atoms with Crippen molar-refractivity contribution >= 4 is 11.7 Å². The minimum Gasteiger partial charge on any atom is -0.343 e. The summed E-state index contributed by atoms with van der Waals surface area (Å²) < 4.78 is 54.0. The fourth-order valence-electron chi connectivity index (χ4n) is 3.41. The Hall–Kier alpha value is -3.23. The van der Waals surface area contributed by atoms with Gasteiger partial charge in [-0.25, -0.2) is 4.39 Å². The number of hydrogen-bond donors (Lipinski definition) is 1. The maximum atomic E-state index is 13.4. The number of amides is 1. The van der Waals surface area contributed by atoms with Crippen LogP contribution in [0.1, 0.15) is 28.5 Å². The Labute approximate surface area is 163 Å². The first-order valence-corrected chi connectivity index (χ1v) is 8.60. The molecule has 0 spiro atoms. The third kappa shape index (κ3) is 3.72. The summed E-state index contributed by atoms with van der Waals surface area (Å²) in [6.07, 6.45) is 2.14. The van der Waals surface area contributed by atoms with Crippen LogP contribution >= 0.6 is 0 Å². The van der Waals surface area contributed by atoms with Crippen LogP contribution in [-0.2, 0) is 23.4 Å². The Morgan fingerprint density at radius 3 is 2.41 bits per heavy atom. The molecule has 1 aromatic heterocycles. The molecule has 0 radical (unpaired) electrons. The summed E-state index contributed by atoms with van der Waals surface area (Å²) in [6, 6.07) is 4.16. The standard InChI is InChI=1S/C20H17F4N3O2/c1-12(28)19(13-6-8-14(21)9-7-13)10-4-3-5-16(19)25-18(29)17-15(20(22,23)24)11-27(2)26-17/h3-11,16H,1-2H3,(H,25,29). The molecule has 1 aliphatic rings. The molecule has 2 unspecified atom stereocenters. The summed E-state index contributed by atoms with van der Waals surface area (Å²) in [5.74, 6) is -1.95. The zero-order valence-corrected chi connectivity index (χ0v) is 15.5. The van der Waals surface area contributed by atoms with Crippen LogP contribution in [-0.4, -0.2) is 27.5 Å². The number of halogens is 4. The lowest BCUT2D eigenvalue weighted by molar-refractivity contribution is -0.138. The minimum atomic E-state index is -4.77. The molecule has 1 aliphatic carbocycles. The molecule has 0 aliphatic heterocycles. The van der Waals surface area contributed by atoms with E-state index in [1.807, 2.05) is 0 Å². The molecule has 5 nitrogen and oxygen atoms in total. The Morgan fingerprint density at radius 2 is 1.83 bits per heavy atom. The molecule has 152 valence electrons. The number of aromatic nitrogens is 2. The number of nitrogens with one attached hydrogen (secondary N) is 1. The fraction of sp³-hybridized carbons (Fsp3) is 0.250. The highest BCUT2D eigenvalue weighted by molar-refractivity contribution is 5.97. The second-order valence-electron chi connectivity index (χ2n) is 6.69. The summed E-state index contributed by atoms with van der Waals surface area (Å²) in [5.41, 5.74) is -2.97. The molecule has 1 aromatic carbocycles. The molecule has 9 heteroatoms. The molecule has 2 atom stereocenters. The van der Waals surface area contributed by atoms with E-state index >= 15 is 0 Å². The maximum Gasteiger partial charge on any atom is 0.420 e. The van der Waals surface area contributed by atoms with E-state index < -0.39 is 40.6 Å². The first kappa shape index (κ1) is 20.5. The number of ketones is 1. The topological polar surface area (TPSA) is 64.0 Å². The first-order valence-electron chi connectivity index (χ1n) is 8.60. The molecule has 29 heavy (non-hydrogen) atoms. The number of allylic oxidation sites excluding steroid dienone is 2. The van der Waals surface area contributed by atoms with Crippen molar-refractivity contribution in [3.8, 4) is 0 Å². The van der Waals surface area contributed by atoms with E-state index in [0.717, 1.165) is 4.68 Å². The van der Waals surface area contributed by atoms with Crippen molar-refractivity contribution in [2.45, 2.75) is 24.6 Å². The van der Waals surface area contributed by atoms with E-state index in [-0.39, 0.29) is 5.78 Å². The van der Waals surface area contributed by atoms with Crippen molar-refractivity contribution in [2.24, 2.45) is 7.05 Å². The zero-order valence-electron chi connectivity index (χ0n) is 15.5. The number of alkyl halides is 3. The van der Waals surface area contributed by atoms with Gasteiger partial charge in [-0.2, -0.15) is 18.3 Å². The van der Waals surface area contributed by atoms with Crippen molar-refractivity contribution in [3.63, 3.8) is 0 Å². The molecule has 0 fully saturated rings. The molecule has 2 aromatic rings. The largest absolute Gasteiger partial charge is 0.420 e. The number of carbonyl (C=O) groups excluding carboxylic acids is 2. The van der Waals surface area contributed by atoms with Gasteiger partial charge in [-0.3, -0.25) is 14.3 Å². The molecule has 3 rings (SSSR count). The normalized spacial score (nSPS) is 21.2. The van der Waals surface area contributed by atoms with Crippen LogP contribution in [0.5, 0.6) is 0 Å². The van der Waals surface area contributed by atoms with Gasteiger partial charge in [-0.05, 0) is 24.6 Å². The van der Waals surface area contributed by atoms with E-state index in [2.05, 4.69) is 10.4 Å². The Morgan fingerprint density at radius 1 is 1.17 bits per heavy atom. The fourth-order valence-corrected chi connectivity index (χ4v) is 3.41. The van der Waals surface area contributed by atoms with Crippen LogP contribution in [0.25, 0.3) is 0 Å². The van der Waals surface area contributed by atoms with Gasteiger partial charge in [0, 0.05) is 13.2 Å². The van der Waals surface area contributed by atoms with Gasteiger partial charge >= 0.3 is 6.18 Å². The van der Waals surface area contributed by atoms with Gasteiger partial charge in [-0.1, -0.05) is 36.4 Å². The number of rotatable bonds is 4. The molecule has 1 N–H and O–H groups in total. The van der Waals surface area contributed by atoms with E-state index in [4.69, 9.17) is 0 Å². The van der Waals surface area contributed by atoms with Crippen molar-refractivity contribution in [3.05, 3.63) is 77.4 Å². The van der Waals surface area contributed by atoms with Crippen molar-refractivity contribution in [2.75, 3.05) is 0 Å². The lowest BCUT2D eigenvalue weighted by Crippen LogP contribution is -2.53. The number of Topliss-reactive ketones (excluding diaryl/α,β-unsaturated/α-hetero) is 1. The number of nitrogens with zero attached hydrogens (tertiary/aromatic N) is 2. The summed E-state index contributed by atoms with van der Waals surface area (Å²) in [6.45, 7) is 1.30. The Bertz CT molecular complexity index is 1010. The van der Waals surface area contributed by atoms with Crippen molar-refractivity contribution in [1.29, 1.82) is 0 Å². The van der Waals surface area contributed by atoms with Gasteiger partial charge in [0.05, 0.1) is 11.5 Å². The molecule has 1 heterocycles. The molecule has 0 saturated carbocycles. The molecular weight excluding hydrogens is 390 g/mol. The third-order valence-electron chi connectivity index (χ3n) is 4.80. The third-order valence-corrected chi connectivity index (χ3v) is 4.80. The Kier molecular flexibility index (Phi) is 5.16. The lowest BCUT2D eigenvalue weighted by atomic mass is 9.69. The molecule has 0 saturated heterocycles. The van der Waals surface area contributed by atoms with Crippen LogP contribution in [0.3, 0.4) is 0 Å². The number of carbonyl (C=O) groups is 2. The molecular formula is C20H17F4N3O2. The van der Waals surface area contributed by atoms with Gasteiger partial charge in [-0.15, -0.1) is 0 Å². The quantitative estimate of drug-likeness (QED) is 0.791. The maximum absolute atomic E-state index is 13.4. The van der Waals surface area contributed by atoms with Gasteiger partial charge in [0.25, 0.3) is 5.91 Å². The highest BCUT2D eigenvalue weighted by Gasteiger charge is 2.45. The van der Waals surface area contributed by atoms with E-state index in [0.29, 0.717) is 11.8 Å². The van der Waals surface area contributed by atoms with Crippen LogP contribution in [0.15, 0.2) is 54.8 Å². The molecule has 1 amide bonds. The van der Waals surface area contributed by atoms with Gasteiger partial charge in [0.1, 0.15) is 17.2 Å². The number of benzene rings is 1. The summed E-state index contributed by atoms with van der Waals surface area (Å²) in [4.78, 5) is 25.3. The van der Waals surface area contributed by atoms with E-state index in [1.165, 1.54) is 50.4 Å². The predicted molar refractivity (Wildman–Crippen MR) is 96.5 cm³/mol. The van der Waals surface area contributed by atoms with Crippen molar-refractivity contribution in [1.82, 2.24) is 15.1 Å². The zero-order chi connectivity index (χ0) is 21.4. The van der Waals surface area contributed by atoms with Gasteiger partial charge in [0.2, 0.25) is 0 Å². The smallest absolute Gasteiger partial charge is 0.343 e. The summed E-state index contributed by atoms with van der Waals surface area (Å²) in [5, 5.41) is 6.11. The highest BCUT2D eigenvalue weighted by atomic mass is 19.4. The van der Waals surface area contributed by atoms with Crippen LogP contribution in [0.4, 0.5) is 17.6 Å². The Balaban J connectivity index is 2.02. The summed E-state index contributed by atoms with van der Waals surface area (Å²) >= 11 is 0. The summed E-state index contributed by atoms with van der Waals surface area (Å²) in [7, 11) is 1.27. The second kappa shape index (κ2) is 7.31. The predicted octanol–water partition coefficient (Wildman–Crippen LogP) is 3.33. The first-order chi connectivity index (χ1) is 13.6. The average molecular weight is 407 g/mol. The highest BCUT2D eigenvalue weighted by Crippen LogP contribution is 2.35. The van der Waals surface area contributed by atoms with Crippen LogP contribution in [0, 0.1) is 5.82 Å². The monoisotopic (exact) mass is 407 g/mol. The van der Waals surface area contributed by atoms with Crippen molar-refractivity contribution < 1.29 is 27.2 Å². The second-order valence-corrected chi connectivity index (χ2v) is 6.69. The number of hydrogen-bond acceptors (Lipinski definition) is 3. The minimum absolute atomic E-state index is 0.368. The van der Waals surface area contributed by atoms with Gasteiger partial charge in [0.15, 0.2) is 5.69 Å². The lowest BCUT2D eigenvalue weighted by Gasteiger charge is -2.37. The van der Waals surface area contributed by atoms with Crippen LogP contribution < -0.4 is 5.32 Å². The van der Waals surface area contributed by atoms with Gasteiger partial charge < -0.3 is 5.32 Å². The average Bonchev–Trinajstić information content (AvgIpc) is 3.05. The van der Waals surface area contributed by atoms with E-state index in [9.17, 15) is 27.2 Å². The van der Waals surface area contributed by atoms with Crippen LogP contribution in [0.2, 0.25) is 0 Å². The van der Waals surface area contributed by atoms with E-state index in [1.54, 1.807) is 12.2 Å². The molecule has 0 bridgehead atoms. The number of aryl methyl sites for hydroxylation is 1.